The van der Waals surface area contributed by atoms with Crippen LogP contribution >= 0.6 is 0 Å². The molecule has 0 heterocycles. The first kappa shape index (κ1) is 36.0. The molecule has 0 spiro atoms. The zero-order valence-corrected chi connectivity index (χ0v) is 26.6. The summed E-state index contributed by atoms with van der Waals surface area (Å²) in [6.07, 6.45) is 9.59. The average molecular weight is 570 g/mol. The molecule has 0 aliphatic carbocycles. The summed E-state index contributed by atoms with van der Waals surface area (Å²) in [5.41, 5.74) is 4.11. The van der Waals surface area contributed by atoms with Crippen LogP contribution in [0.25, 0.3) is 0 Å². The van der Waals surface area contributed by atoms with Crippen molar-refractivity contribution >= 4 is 17.5 Å². The van der Waals surface area contributed by atoms with Crippen molar-refractivity contribution in [3.63, 3.8) is 0 Å². The lowest BCUT2D eigenvalue weighted by Crippen LogP contribution is -2.44. The van der Waals surface area contributed by atoms with Gasteiger partial charge in [0.05, 0.1) is 13.2 Å². The molecule has 1 unspecified atom stereocenters. The molecule has 2 aromatic rings. The molecule has 0 bridgehead atoms. The molecular weight excluding hydrogens is 514 g/mol. The molecule has 7 nitrogen and oxygen atoms in total. The Kier molecular flexibility index (Phi) is 18.2. The highest BCUT2D eigenvalue weighted by Crippen LogP contribution is 2.26. The number of hydrogen-bond donors (Lipinski definition) is 3. The van der Waals surface area contributed by atoms with Crippen LogP contribution < -0.4 is 15.4 Å². The van der Waals surface area contributed by atoms with Gasteiger partial charge in [0.25, 0.3) is 0 Å². The Morgan fingerprint density at radius 1 is 0.927 bits per heavy atom. The largest absolute Gasteiger partial charge is 0.504 e. The molecule has 3 N–H and O–H groups in total. The van der Waals surface area contributed by atoms with Crippen LogP contribution in [0.1, 0.15) is 102 Å². The van der Waals surface area contributed by atoms with Gasteiger partial charge >= 0.3 is 0 Å². The quantitative estimate of drug-likeness (QED) is 0.171. The fraction of sp³-hybridized carbons (Fsp3) is 0.588. The molecule has 2 rings (SSSR count). The van der Waals surface area contributed by atoms with E-state index in [9.17, 15) is 14.7 Å². The number of phenols is 1. The number of hydrogen-bond acceptors (Lipinski definition) is 5. The van der Waals surface area contributed by atoms with E-state index in [1.165, 1.54) is 32.8 Å². The Morgan fingerprint density at radius 3 is 2.17 bits per heavy atom. The van der Waals surface area contributed by atoms with Crippen molar-refractivity contribution in [2.75, 3.05) is 25.5 Å². The lowest BCUT2D eigenvalue weighted by atomic mass is 10.1. The van der Waals surface area contributed by atoms with Gasteiger partial charge in [-0.1, -0.05) is 84.1 Å². The number of para-hydroxylation sites is 1. The number of rotatable bonds is 17. The van der Waals surface area contributed by atoms with Crippen molar-refractivity contribution in [2.24, 2.45) is 0 Å². The lowest BCUT2D eigenvalue weighted by molar-refractivity contribution is -0.122. The van der Waals surface area contributed by atoms with Gasteiger partial charge in [0.1, 0.15) is 0 Å². The first-order chi connectivity index (χ1) is 19.7. The van der Waals surface area contributed by atoms with Crippen molar-refractivity contribution in [1.82, 2.24) is 10.2 Å². The summed E-state index contributed by atoms with van der Waals surface area (Å²) >= 11 is 0. The van der Waals surface area contributed by atoms with Crippen molar-refractivity contribution < 1.29 is 19.4 Å². The number of phenolic OH excluding ortho intramolecular Hbond substituents is 1. The van der Waals surface area contributed by atoms with Crippen LogP contribution in [0.15, 0.2) is 36.4 Å². The van der Waals surface area contributed by atoms with E-state index >= 15 is 0 Å². The SMILES string of the molecule is CCCCCCCCC(=O)NCc1ccc(O)c(OC)c1.CCCN(CC)C(CC)C(=O)Nc1c(C)cccc1C. The van der Waals surface area contributed by atoms with Crippen LogP contribution in [0.3, 0.4) is 0 Å². The Balaban J connectivity index is 0.000000410. The van der Waals surface area contributed by atoms with Gasteiger partial charge in [-0.25, -0.2) is 0 Å². The zero-order chi connectivity index (χ0) is 30.6. The second kappa shape index (κ2) is 20.8. The van der Waals surface area contributed by atoms with Gasteiger partial charge in [-0.15, -0.1) is 0 Å². The molecule has 0 aliphatic heterocycles. The van der Waals surface area contributed by atoms with Crippen molar-refractivity contribution in [3.8, 4) is 11.5 Å². The van der Waals surface area contributed by atoms with Crippen LogP contribution in [0, 0.1) is 13.8 Å². The molecule has 0 aromatic heterocycles. The number of carbonyl (C=O) groups is 2. The van der Waals surface area contributed by atoms with E-state index in [1.54, 1.807) is 18.2 Å². The zero-order valence-electron chi connectivity index (χ0n) is 26.6. The molecule has 0 aliphatic rings. The summed E-state index contributed by atoms with van der Waals surface area (Å²) in [6.45, 7) is 15.0. The number of amides is 2. The van der Waals surface area contributed by atoms with Gasteiger partial charge in [-0.3, -0.25) is 14.5 Å². The maximum Gasteiger partial charge on any atom is 0.241 e. The van der Waals surface area contributed by atoms with Gasteiger partial charge in [0.15, 0.2) is 11.5 Å². The minimum Gasteiger partial charge on any atom is -0.504 e. The second-order valence-electron chi connectivity index (χ2n) is 10.6. The molecule has 7 heteroatoms. The number of likely N-dealkylation sites (N-methyl/N-ethyl adjacent to an activating group) is 1. The molecule has 0 saturated carbocycles. The predicted molar refractivity (Wildman–Crippen MR) is 171 cm³/mol. The minimum atomic E-state index is -0.0426. The van der Waals surface area contributed by atoms with Gasteiger partial charge in [0.2, 0.25) is 11.8 Å². The number of ether oxygens (including phenoxy) is 1. The molecule has 0 saturated heterocycles. The third kappa shape index (κ3) is 13.4. The van der Waals surface area contributed by atoms with E-state index < -0.39 is 0 Å². The highest BCUT2D eigenvalue weighted by molar-refractivity contribution is 5.96. The van der Waals surface area contributed by atoms with E-state index in [1.807, 2.05) is 32.0 Å². The van der Waals surface area contributed by atoms with Crippen LogP contribution in [0.4, 0.5) is 5.69 Å². The van der Waals surface area contributed by atoms with Crippen LogP contribution in [0.2, 0.25) is 0 Å². The Bertz CT molecular complexity index is 1020. The van der Waals surface area contributed by atoms with Gasteiger partial charge in [-0.05, 0) is 75.0 Å². The fourth-order valence-corrected chi connectivity index (χ4v) is 4.84. The molecule has 1 atom stereocenters. The minimum absolute atomic E-state index is 0.0426. The third-order valence-electron chi connectivity index (χ3n) is 7.27. The third-order valence-corrected chi connectivity index (χ3v) is 7.27. The number of benzene rings is 2. The highest BCUT2D eigenvalue weighted by atomic mass is 16.5. The number of aryl methyl sites for hydroxylation is 2. The number of anilines is 1. The van der Waals surface area contributed by atoms with E-state index in [4.69, 9.17) is 4.74 Å². The number of methoxy groups -OCH3 is 1. The van der Waals surface area contributed by atoms with Crippen molar-refractivity contribution in [2.45, 2.75) is 112 Å². The monoisotopic (exact) mass is 569 g/mol. The lowest BCUT2D eigenvalue weighted by Gasteiger charge is -2.29. The standard InChI is InChI=1S/C17H28N2O.C17H27NO3/c1-6-12-19(8-3)15(7-2)17(20)18-16-13(4)10-9-11-14(16)5;1-3-4-5-6-7-8-9-17(20)18-13-14-10-11-15(19)16(12-14)21-2/h9-11,15H,6-8,12H2,1-5H3,(H,18,20);10-12,19H,3-9,13H2,1-2H3,(H,18,20). The average Bonchev–Trinajstić information content (AvgIpc) is 2.96. The van der Waals surface area contributed by atoms with Gasteiger partial charge < -0.3 is 20.5 Å². The van der Waals surface area contributed by atoms with Gasteiger partial charge in [-0.2, -0.15) is 0 Å². The number of unbranched alkanes of at least 4 members (excludes halogenated alkanes) is 5. The number of nitrogens with one attached hydrogen (secondary N) is 2. The normalized spacial score (nSPS) is 11.4. The number of nitrogens with zero attached hydrogens (tertiary/aromatic N) is 1. The highest BCUT2D eigenvalue weighted by Gasteiger charge is 2.23. The van der Waals surface area contributed by atoms with Crippen LogP contribution in [-0.2, 0) is 16.1 Å². The predicted octanol–water partition coefficient (Wildman–Crippen LogP) is 7.52. The smallest absolute Gasteiger partial charge is 0.241 e. The summed E-state index contributed by atoms with van der Waals surface area (Å²) < 4.78 is 5.04. The summed E-state index contributed by atoms with van der Waals surface area (Å²) in [5, 5.41) is 15.5. The van der Waals surface area contributed by atoms with E-state index in [-0.39, 0.29) is 23.6 Å². The van der Waals surface area contributed by atoms with Crippen molar-refractivity contribution in [1.29, 1.82) is 0 Å². The fourth-order valence-electron chi connectivity index (χ4n) is 4.84. The summed E-state index contributed by atoms with van der Waals surface area (Å²) in [7, 11) is 1.51. The van der Waals surface area contributed by atoms with E-state index in [0.717, 1.165) is 61.2 Å². The maximum atomic E-state index is 12.6. The summed E-state index contributed by atoms with van der Waals surface area (Å²) in [6, 6.07) is 11.1. The molecule has 2 amide bonds. The molecule has 2 aromatic carbocycles. The second-order valence-corrected chi connectivity index (χ2v) is 10.6. The van der Waals surface area contributed by atoms with E-state index in [0.29, 0.717) is 18.7 Å². The molecule has 230 valence electrons. The summed E-state index contributed by atoms with van der Waals surface area (Å²) in [4.78, 5) is 26.6. The first-order valence-electron chi connectivity index (χ1n) is 15.5. The van der Waals surface area contributed by atoms with Gasteiger partial charge in [0, 0.05) is 18.7 Å². The number of aromatic hydroxyl groups is 1. The molecule has 0 radical (unpaired) electrons. The van der Waals surface area contributed by atoms with Crippen molar-refractivity contribution in [3.05, 3.63) is 53.1 Å². The van der Waals surface area contributed by atoms with Crippen LogP contribution in [-0.4, -0.2) is 48.1 Å². The van der Waals surface area contributed by atoms with E-state index in [2.05, 4.69) is 43.2 Å². The number of carbonyl (C=O) groups excluding carboxylic acids is 2. The molecule has 0 fully saturated rings. The summed E-state index contributed by atoms with van der Waals surface area (Å²) in [5.74, 6) is 0.732. The maximum absolute atomic E-state index is 12.6. The molecule has 41 heavy (non-hydrogen) atoms. The Labute approximate surface area is 249 Å². The van der Waals surface area contributed by atoms with Crippen LogP contribution in [0.5, 0.6) is 11.5 Å². The Hall–Kier alpha value is -3.06. The topological polar surface area (TPSA) is 90.9 Å². The molecular formula is C34H55N3O4. The first-order valence-corrected chi connectivity index (χ1v) is 15.5. The Morgan fingerprint density at radius 2 is 1.59 bits per heavy atom.